The van der Waals surface area contributed by atoms with Gasteiger partial charge in [-0.15, -0.1) is 0 Å². The van der Waals surface area contributed by atoms with Crippen LogP contribution in [0, 0.1) is 17.0 Å². The number of aromatic nitrogens is 1. The van der Waals surface area contributed by atoms with E-state index in [4.69, 9.17) is 21.4 Å². The van der Waals surface area contributed by atoms with E-state index in [2.05, 4.69) is 4.98 Å². The number of benzene rings is 1. The largest absolute Gasteiger partial charge is 0.477 e. The maximum absolute atomic E-state index is 10.8. The summed E-state index contributed by atoms with van der Waals surface area (Å²) in [5.41, 5.74) is 0.226. The highest BCUT2D eigenvalue weighted by Crippen LogP contribution is 2.35. The van der Waals surface area contributed by atoms with Crippen molar-refractivity contribution in [1.29, 1.82) is 0 Å². The Bertz CT molecular complexity index is 700. The van der Waals surface area contributed by atoms with Crippen LogP contribution in [-0.2, 0) is 0 Å². The van der Waals surface area contributed by atoms with E-state index < -0.39 is 10.9 Å². The molecular formula is C11H7ClN2O5S. The Morgan fingerprint density at radius 2 is 2.25 bits per heavy atom. The van der Waals surface area contributed by atoms with Crippen molar-refractivity contribution >= 4 is 34.6 Å². The van der Waals surface area contributed by atoms with Crippen LogP contribution in [0.5, 0.6) is 10.9 Å². The Labute approximate surface area is 121 Å². The first-order valence-electron chi connectivity index (χ1n) is 5.21. The molecule has 7 nitrogen and oxygen atoms in total. The highest BCUT2D eigenvalue weighted by atomic mass is 35.5. The first-order valence-corrected chi connectivity index (χ1v) is 6.41. The van der Waals surface area contributed by atoms with Crippen molar-refractivity contribution in [3.8, 4) is 10.9 Å². The van der Waals surface area contributed by atoms with Gasteiger partial charge >= 0.3 is 5.97 Å². The van der Waals surface area contributed by atoms with Gasteiger partial charge in [-0.25, -0.2) is 4.79 Å². The van der Waals surface area contributed by atoms with Gasteiger partial charge in [0.15, 0.2) is 10.0 Å². The number of aromatic carboxylic acids is 1. The zero-order valence-electron chi connectivity index (χ0n) is 9.99. The highest BCUT2D eigenvalue weighted by molar-refractivity contribution is 7.15. The fourth-order valence-corrected chi connectivity index (χ4v) is 2.45. The second kappa shape index (κ2) is 5.43. The van der Waals surface area contributed by atoms with Crippen LogP contribution in [0.25, 0.3) is 0 Å². The van der Waals surface area contributed by atoms with Crippen LogP contribution in [0.2, 0.25) is 5.15 Å². The summed E-state index contributed by atoms with van der Waals surface area (Å²) in [7, 11) is 0. The Morgan fingerprint density at radius 3 is 2.80 bits per heavy atom. The summed E-state index contributed by atoms with van der Waals surface area (Å²) in [5.74, 6) is -0.986. The lowest BCUT2D eigenvalue weighted by Crippen LogP contribution is -1.94. The van der Waals surface area contributed by atoms with Gasteiger partial charge in [0.1, 0.15) is 5.75 Å². The van der Waals surface area contributed by atoms with E-state index in [9.17, 15) is 14.9 Å². The number of carbonyl (C=O) groups is 1. The molecule has 0 aliphatic carbocycles. The minimum Gasteiger partial charge on any atom is -0.477 e. The van der Waals surface area contributed by atoms with E-state index in [0.29, 0.717) is 5.56 Å². The lowest BCUT2D eigenvalue weighted by atomic mass is 10.2. The molecule has 0 fully saturated rings. The molecule has 1 aromatic carbocycles. The molecule has 104 valence electrons. The lowest BCUT2D eigenvalue weighted by Gasteiger charge is -2.05. The molecule has 1 aromatic heterocycles. The number of carboxylic acids is 1. The third-order valence-electron chi connectivity index (χ3n) is 2.41. The molecule has 0 amide bonds. The SMILES string of the molecule is Cc1c(Oc2nc(Cl)c(C(=O)O)s2)cccc1[N+](=O)[O-]. The first-order chi connectivity index (χ1) is 9.40. The minimum atomic E-state index is -1.21. The molecule has 0 bridgehead atoms. The monoisotopic (exact) mass is 314 g/mol. The van der Waals surface area contributed by atoms with Gasteiger partial charge in [-0.2, -0.15) is 4.98 Å². The van der Waals surface area contributed by atoms with Gasteiger partial charge < -0.3 is 9.84 Å². The summed E-state index contributed by atoms with van der Waals surface area (Å²) in [6, 6.07) is 4.34. The smallest absolute Gasteiger partial charge is 0.349 e. The number of thiazole rings is 1. The Hall–Kier alpha value is -2.19. The maximum Gasteiger partial charge on any atom is 0.349 e. The fourth-order valence-electron chi connectivity index (χ4n) is 1.46. The summed E-state index contributed by atoms with van der Waals surface area (Å²) in [5, 5.41) is 19.5. The van der Waals surface area contributed by atoms with E-state index in [0.717, 1.165) is 11.3 Å². The van der Waals surface area contributed by atoms with Crippen LogP contribution in [0.15, 0.2) is 18.2 Å². The molecule has 0 radical (unpaired) electrons. The second-order valence-electron chi connectivity index (χ2n) is 3.66. The molecule has 2 aromatic rings. The average molecular weight is 315 g/mol. The van der Waals surface area contributed by atoms with E-state index >= 15 is 0 Å². The molecule has 0 aliphatic rings. The van der Waals surface area contributed by atoms with Crippen molar-refractivity contribution in [2.24, 2.45) is 0 Å². The topological polar surface area (TPSA) is 103 Å². The van der Waals surface area contributed by atoms with Gasteiger partial charge in [0.2, 0.25) is 0 Å². The van der Waals surface area contributed by atoms with Crippen LogP contribution in [0.4, 0.5) is 5.69 Å². The number of halogens is 1. The highest BCUT2D eigenvalue weighted by Gasteiger charge is 2.19. The lowest BCUT2D eigenvalue weighted by molar-refractivity contribution is -0.385. The summed E-state index contributed by atoms with van der Waals surface area (Å²) in [6.45, 7) is 1.53. The van der Waals surface area contributed by atoms with E-state index in [1.807, 2.05) is 0 Å². The molecule has 20 heavy (non-hydrogen) atoms. The quantitative estimate of drug-likeness (QED) is 0.684. The van der Waals surface area contributed by atoms with Gasteiger partial charge in [-0.3, -0.25) is 10.1 Å². The molecule has 0 atom stereocenters. The van der Waals surface area contributed by atoms with Crippen LogP contribution >= 0.6 is 22.9 Å². The van der Waals surface area contributed by atoms with Gasteiger partial charge in [0.05, 0.1) is 10.5 Å². The van der Waals surface area contributed by atoms with Crippen LogP contribution in [0.1, 0.15) is 15.2 Å². The van der Waals surface area contributed by atoms with Crippen LogP contribution < -0.4 is 4.74 Å². The van der Waals surface area contributed by atoms with E-state index in [1.165, 1.54) is 25.1 Å². The predicted octanol–water partition coefficient (Wildman–Crippen LogP) is 3.50. The number of rotatable bonds is 4. The molecular weight excluding hydrogens is 308 g/mol. The first kappa shape index (κ1) is 14.2. The van der Waals surface area contributed by atoms with Crippen molar-refractivity contribution in [1.82, 2.24) is 4.98 Å². The van der Waals surface area contributed by atoms with Crippen molar-refractivity contribution in [2.45, 2.75) is 6.92 Å². The molecule has 0 saturated carbocycles. The molecule has 1 N–H and O–H groups in total. The van der Waals surface area contributed by atoms with Crippen molar-refractivity contribution < 1.29 is 19.6 Å². The average Bonchev–Trinajstić information content (AvgIpc) is 2.72. The fraction of sp³-hybridized carbons (Fsp3) is 0.0909. The second-order valence-corrected chi connectivity index (χ2v) is 4.98. The number of hydrogen-bond acceptors (Lipinski definition) is 6. The number of hydrogen-bond donors (Lipinski definition) is 1. The van der Waals surface area contributed by atoms with Gasteiger partial charge in [-0.05, 0) is 13.0 Å². The van der Waals surface area contributed by atoms with Gasteiger partial charge in [0, 0.05) is 6.07 Å². The molecule has 1 heterocycles. The molecule has 0 spiro atoms. The maximum atomic E-state index is 10.8. The standard InChI is InChI=1S/C11H7ClN2O5S/c1-5-6(14(17)18)3-2-4-7(5)19-11-13-9(12)8(20-11)10(15)16/h2-4H,1H3,(H,15,16). The molecule has 0 aliphatic heterocycles. The Balaban J connectivity index is 2.35. The number of nitro groups is 1. The zero-order valence-corrected chi connectivity index (χ0v) is 11.6. The third kappa shape index (κ3) is 2.70. The predicted molar refractivity (Wildman–Crippen MR) is 72.0 cm³/mol. The zero-order chi connectivity index (χ0) is 14.9. The molecule has 9 heteroatoms. The molecule has 0 saturated heterocycles. The minimum absolute atomic E-state index is 0.0102. The van der Waals surface area contributed by atoms with Gasteiger partial charge in [0.25, 0.3) is 10.9 Å². The number of nitro benzene ring substituents is 1. The Morgan fingerprint density at radius 1 is 1.55 bits per heavy atom. The number of ether oxygens (including phenoxy) is 1. The van der Waals surface area contributed by atoms with Crippen molar-refractivity contribution in [3.63, 3.8) is 0 Å². The summed E-state index contributed by atoms with van der Waals surface area (Å²) >= 11 is 6.41. The normalized spacial score (nSPS) is 10.3. The van der Waals surface area contributed by atoms with Gasteiger partial charge in [-0.1, -0.05) is 29.0 Å². The third-order valence-corrected chi connectivity index (χ3v) is 3.72. The van der Waals surface area contributed by atoms with Crippen LogP contribution in [0.3, 0.4) is 0 Å². The molecule has 0 unspecified atom stereocenters. The van der Waals surface area contributed by atoms with Crippen LogP contribution in [-0.4, -0.2) is 21.0 Å². The van der Waals surface area contributed by atoms with Crippen molar-refractivity contribution in [2.75, 3.05) is 0 Å². The van der Waals surface area contributed by atoms with E-state index in [-0.39, 0.29) is 26.7 Å². The van der Waals surface area contributed by atoms with E-state index in [1.54, 1.807) is 0 Å². The summed E-state index contributed by atoms with van der Waals surface area (Å²) in [4.78, 5) is 24.7. The summed E-state index contributed by atoms with van der Waals surface area (Å²) in [6.07, 6.45) is 0. The summed E-state index contributed by atoms with van der Waals surface area (Å²) < 4.78 is 5.37. The number of carboxylic acid groups (broad SMARTS) is 1. The van der Waals surface area contributed by atoms with Crippen molar-refractivity contribution in [3.05, 3.63) is 43.9 Å². The molecule has 2 rings (SSSR count). The number of nitrogens with zero attached hydrogens (tertiary/aromatic N) is 2. The Kier molecular flexibility index (Phi) is 3.86.